The van der Waals surface area contributed by atoms with Gasteiger partial charge in [0.05, 0.1) is 12.2 Å². The summed E-state index contributed by atoms with van der Waals surface area (Å²) in [6.07, 6.45) is 0. The van der Waals surface area contributed by atoms with Crippen molar-refractivity contribution in [1.29, 1.82) is 0 Å². The number of ether oxygens (including phenoxy) is 1. The standard InChI is InChI=1S/C21H25FN2O3/c1-4-27-18-8-6-5-7-17(18)20(25)24-19(14(2)3)21(26)23-13-15-9-11-16(22)12-10-15/h5-12,14,19H,4,13H2,1-3H3,(H,23,26)(H,24,25)/t19-/m1/s1. The number of benzene rings is 2. The molecule has 0 fully saturated rings. The van der Waals surface area contributed by atoms with E-state index < -0.39 is 6.04 Å². The Morgan fingerprint density at radius 3 is 2.37 bits per heavy atom. The maximum absolute atomic E-state index is 13.0. The molecule has 6 heteroatoms. The predicted molar refractivity (Wildman–Crippen MR) is 102 cm³/mol. The number of hydrogen-bond donors (Lipinski definition) is 2. The van der Waals surface area contributed by atoms with Crippen molar-refractivity contribution in [3.05, 3.63) is 65.5 Å². The molecular formula is C21H25FN2O3. The Hall–Kier alpha value is -2.89. The minimum absolute atomic E-state index is 0.110. The van der Waals surface area contributed by atoms with Crippen molar-refractivity contribution >= 4 is 11.8 Å². The molecule has 2 aromatic rings. The summed E-state index contributed by atoms with van der Waals surface area (Å²) in [6, 6.07) is 12.1. The molecule has 5 nitrogen and oxygen atoms in total. The van der Waals surface area contributed by atoms with Crippen molar-refractivity contribution in [2.45, 2.75) is 33.4 Å². The molecule has 0 aliphatic carbocycles. The molecule has 0 saturated carbocycles. The lowest BCUT2D eigenvalue weighted by molar-refractivity contribution is -0.124. The largest absolute Gasteiger partial charge is 0.493 e. The zero-order valence-electron chi connectivity index (χ0n) is 15.8. The summed E-state index contributed by atoms with van der Waals surface area (Å²) >= 11 is 0. The van der Waals surface area contributed by atoms with Gasteiger partial charge in [-0.2, -0.15) is 0 Å². The molecule has 0 aromatic heterocycles. The van der Waals surface area contributed by atoms with Gasteiger partial charge in [0.15, 0.2) is 0 Å². The highest BCUT2D eigenvalue weighted by atomic mass is 19.1. The van der Waals surface area contributed by atoms with Crippen LogP contribution in [0.2, 0.25) is 0 Å². The van der Waals surface area contributed by atoms with E-state index in [1.165, 1.54) is 12.1 Å². The molecule has 0 aliphatic heterocycles. The van der Waals surface area contributed by atoms with Crippen LogP contribution in [-0.4, -0.2) is 24.5 Å². The first-order valence-electron chi connectivity index (χ1n) is 8.97. The molecular weight excluding hydrogens is 347 g/mol. The minimum atomic E-state index is -0.701. The van der Waals surface area contributed by atoms with E-state index in [2.05, 4.69) is 10.6 Å². The van der Waals surface area contributed by atoms with Crippen LogP contribution in [0.15, 0.2) is 48.5 Å². The van der Waals surface area contributed by atoms with Gasteiger partial charge in [-0.15, -0.1) is 0 Å². The zero-order valence-corrected chi connectivity index (χ0v) is 15.8. The third-order valence-electron chi connectivity index (χ3n) is 4.05. The SMILES string of the molecule is CCOc1ccccc1C(=O)N[C@@H](C(=O)NCc1ccc(F)cc1)C(C)C. The molecule has 2 N–H and O–H groups in total. The zero-order chi connectivity index (χ0) is 19.8. The summed E-state index contributed by atoms with van der Waals surface area (Å²) < 4.78 is 18.5. The first kappa shape index (κ1) is 20.4. The molecule has 2 amide bonds. The number of hydrogen-bond acceptors (Lipinski definition) is 3. The fourth-order valence-corrected chi connectivity index (χ4v) is 2.59. The van der Waals surface area contributed by atoms with Gasteiger partial charge < -0.3 is 15.4 Å². The summed E-state index contributed by atoms with van der Waals surface area (Å²) in [5, 5.41) is 5.57. The highest BCUT2D eigenvalue weighted by Crippen LogP contribution is 2.18. The van der Waals surface area contributed by atoms with Gasteiger partial charge >= 0.3 is 0 Å². The Morgan fingerprint density at radius 1 is 1.07 bits per heavy atom. The van der Waals surface area contributed by atoms with E-state index in [0.29, 0.717) is 17.9 Å². The van der Waals surface area contributed by atoms with Crippen LogP contribution in [0.5, 0.6) is 5.75 Å². The van der Waals surface area contributed by atoms with Crippen molar-refractivity contribution in [2.24, 2.45) is 5.92 Å². The molecule has 0 spiro atoms. The van der Waals surface area contributed by atoms with E-state index in [0.717, 1.165) is 5.56 Å². The second-order valence-electron chi connectivity index (χ2n) is 6.47. The van der Waals surface area contributed by atoms with Crippen molar-refractivity contribution in [3.63, 3.8) is 0 Å². The quantitative estimate of drug-likeness (QED) is 0.747. The fraction of sp³-hybridized carbons (Fsp3) is 0.333. The lowest BCUT2D eigenvalue weighted by Crippen LogP contribution is -2.49. The Bertz CT molecular complexity index is 775. The number of carbonyl (C=O) groups is 2. The Labute approximate surface area is 158 Å². The second-order valence-corrected chi connectivity index (χ2v) is 6.47. The highest BCUT2D eigenvalue weighted by molar-refractivity contribution is 5.99. The maximum Gasteiger partial charge on any atom is 0.255 e. The fourth-order valence-electron chi connectivity index (χ4n) is 2.59. The first-order valence-corrected chi connectivity index (χ1v) is 8.97. The van der Waals surface area contributed by atoms with Gasteiger partial charge in [0.2, 0.25) is 5.91 Å². The van der Waals surface area contributed by atoms with Crippen molar-refractivity contribution < 1.29 is 18.7 Å². The van der Waals surface area contributed by atoms with E-state index in [9.17, 15) is 14.0 Å². The van der Waals surface area contributed by atoms with Gasteiger partial charge in [-0.3, -0.25) is 9.59 Å². The molecule has 0 radical (unpaired) electrons. The van der Waals surface area contributed by atoms with Gasteiger partial charge in [0, 0.05) is 6.54 Å². The minimum Gasteiger partial charge on any atom is -0.493 e. The Balaban J connectivity index is 2.04. The van der Waals surface area contributed by atoms with E-state index in [4.69, 9.17) is 4.74 Å². The number of rotatable bonds is 8. The number of halogens is 1. The maximum atomic E-state index is 13.0. The topological polar surface area (TPSA) is 67.4 Å². The van der Waals surface area contributed by atoms with Crippen molar-refractivity contribution in [3.8, 4) is 5.75 Å². The number of para-hydroxylation sites is 1. The molecule has 27 heavy (non-hydrogen) atoms. The van der Waals surface area contributed by atoms with E-state index in [1.54, 1.807) is 36.4 Å². The smallest absolute Gasteiger partial charge is 0.255 e. The van der Waals surface area contributed by atoms with Crippen molar-refractivity contribution in [2.75, 3.05) is 6.61 Å². The third-order valence-corrected chi connectivity index (χ3v) is 4.05. The van der Waals surface area contributed by atoms with Gasteiger partial charge in [-0.1, -0.05) is 38.1 Å². The molecule has 2 rings (SSSR count). The van der Waals surface area contributed by atoms with Crippen LogP contribution in [-0.2, 0) is 11.3 Å². The second kappa shape index (κ2) is 9.71. The Morgan fingerprint density at radius 2 is 1.74 bits per heavy atom. The normalized spacial score (nSPS) is 11.7. The average Bonchev–Trinajstić information content (AvgIpc) is 2.65. The molecule has 144 valence electrons. The predicted octanol–water partition coefficient (Wildman–Crippen LogP) is 3.30. The summed E-state index contributed by atoms with van der Waals surface area (Å²) in [4.78, 5) is 25.2. The van der Waals surface area contributed by atoms with Gasteiger partial charge in [0.25, 0.3) is 5.91 Å². The van der Waals surface area contributed by atoms with Crippen LogP contribution in [0.3, 0.4) is 0 Å². The van der Waals surface area contributed by atoms with Crippen molar-refractivity contribution in [1.82, 2.24) is 10.6 Å². The van der Waals surface area contributed by atoms with Crippen LogP contribution >= 0.6 is 0 Å². The van der Waals surface area contributed by atoms with Crippen LogP contribution < -0.4 is 15.4 Å². The van der Waals surface area contributed by atoms with Gasteiger partial charge in [-0.25, -0.2) is 4.39 Å². The summed E-state index contributed by atoms with van der Waals surface area (Å²) in [6.45, 7) is 6.26. The molecule has 0 aliphatic rings. The van der Waals surface area contributed by atoms with E-state index in [1.807, 2.05) is 20.8 Å². The van der Waals surface area contributed by atoms with E-state index in [-0.39, 0.29) is 30.1 Å². The number of carbonyl (C=O) groups excluding carboxylic acids is 2. The molecule has 2 aromatic carbocycles. The average molecular weight is 372 g/mol. The third kappa shape index (κ3) is 5.81. The van der Waals surface area contributed by atoms with Crippen LogP contribution in [0.4, 0.5) is 4.39 Å². The molecule has 0 unspecified atom stereocenters. The lowest BCUT2D eigenvalue weighted by atomic mass is 10.0. The molecule has 0 saturated heterocycles. The summed E-state index contributed by atoms with van der Waals surface area (Å²) in [7, 11) is 0. The molecule has 0 heterocycles. The van der Waals surface area contributed by atoms with Crippen LogP contribution in [0.25, 0.3) is 0 Å². The van der Waals surface area contributed by atoms with Gasteiger partial charge in [0.1, 0.15) is 17.6 Å². The number of nitrogens with one attached hydrogen (secondary N) is 2. The molecule has 1 atom stereocenters. The molecule has 0 bridgehead atoms. The monoisotopic (exact) mass is 372 g/mol. The Kier molecular flexibility index (Phi) is 7.34. The van der Waals surface area contributed by atoms with Crippen LogP contribution in [0.1, 0.15) is 36.7 Å². The number of amides is 2. The highest BCUT2D eigenvalue weighted by Gasteiger charge is 2.25. The summed E-state index contributed by atoms with van der Waals surface area (Å²) in [5.74, 6) is -0.621. The summed E-state index contributed by atoms with van der Waals surface area (Å²) in [5.41, 5.74) is 1.16. The van der Waals surface area contributed by atoms with E-state index >= 15 is 0 Å². The van der Waals surface area contributed by atoms with Gasteiger partial charge in [-0.05, 0) is 42.7 Å². The lowest BCUT2D eigenvalue weighted by Gasteiger charge is -2.22. The first-order chi connectivity index (χ1) is 12.9. The van der Waals surface area contributed by atoms with Crippen LogP contribution in [0, 0.1) is 11.7 Å².